The fourth-order valence-corrected chi connectivity index (χ4v) is 2.19. The van der Waals surface area contributed by atoms with Gasteiger partial charge in [0.1, 0.15) is 5.75 Å². The summed E-state index contributed by atoms with van der Waals surface area (Å²) in [4.78, 5) is 0. The Kier molecular flexibility index (Phi) is 4.26. The van der Waals surface area contributed by atoms with E-state index in [0.29, 0.717) is 5.75 Å². The lowest BCUT2D eigenvalue weighted by Crippen LogP contribution is -2.09. The van der Waals surface area contributed by atoms with Gasteiger partial charge in [-0.15, -0.1) is 0 Å². The molecule has 2 nitrogen and oxygen atoms in total. The second-order valence-electron chi connectivity index (χ2n) is 4.17. The monoisotopic (exact) mass is 305 g/mol. The summed E-state index contributed by atoms with van der Waals surface area (Å²) >= 11 is 3.42. The molecule has 0 bridgehead atoms. The van der Waals surface area contributed by atoms with Gasteiger partial charge in [0.15, 0.2) is 0 Å². The number of halogens is 1. The number of aromatic hydroxyl groups is 1. The van der Waals surface area contributed by atoms with E-state index >= 15 is 0 Å². The molecule has 2 rings (SSSR count). The number of hydrogen-bond donors (Lipinski definition) is 2. The van der Waals surface area contributed by atoms with Gasteiger partial charge in [0.2, 0.25) is 0 Å². The van der Waals surface area contributed by atoms with E-state index in [9.17, 15) is 5.11 Å². The van der Waals surface area contributed by atoms with Crippen molar-refractivity contribution in [2.24, 2.45) is 0 Å². The maximum Gasteiger partial charge on any atom is 0.120 e. The van der Waals surface area contributed by atoms with Crippen LogP contribution in [0.3, 0.4) is 0 Å². The molecule has 2 aromatic rings. The number of nitrogens with one attached hydrogen (secondary N) is 1. The zero-order valence-corrected chi connectivity index (χ0v) is 11.8. The SMILES string of the molecule is CCC(Nc1ccc(Br)cc1)c1ccccc1O. The highest BCUT2D eigenvalue weighted by atomic mass is 79.9. The molecule has 0 aliphatic carbocycles. The van der Waals surface area contributed by atoms with Crippen molar-refractivity contribution in [2.45, 2.75) is 19.4 Å². The topological polar surface area (TPSA) is 32.3 Å². The van der Waals surface area contributed by atoms with Crippen LogP contribution in [0, 0.1) is 0 Å². The quantitative estimate of drug-likeness (QED) is 0.857. The molecule has 18 heavy (non-hydrogen) atoms. The van der Waals surface area contributed by atoms with E-state index in [1.807, 2.05) is 42.5 Å². The van der Waals surface area contributed by atoms with Crippen molar-refractivity contribution in [3.63, 3.8) is 0 Å². The summed E-state index contributed by atoms with van der Waals surface area (Å²) < 4.78 is 1.06. The molecule has 2 N–H and O–H groups in total. The average Bonchev–Trinajstić information content (AvgIpc) is 2.39. The van der Waals surface area contributed by atoms with E-state index in [2.05, 4.69) is 28.2 Å². The smallest absolute Gasteiger partial charge is 0.120 e. The summed E-state index contributed by atoms with van der Waals surface area (Å²) in [6.07, 6.45) is 0.910. The summed E-state index contributed by atoms with van der Waals surface area (Å²) in [5.41, 5.74) is 1.98. The molecule has 0 aliphatic rings. The minimum absolute atomic E-state index is 0.118. The van der Waals surface area contributed by atoms with Crippen LogP contribution >= 0.6 is 15.9 Å². The Morgan fingerprint density at radius 3 is 2.39 bits per heavy atom. The fraction of sp³-hybridized carbons (Fsp3) is 0.200. The summed E-state index contributed by atoms with van der Waals surface area (Å²) in [5.74, 6) is 0.342. The Morgan fingerprint density at radius 2 is 1.78 bits per heavy atom. The number of phenols is 1. The Balaban J connectivity index is 2.20. The van der Waals surface area contributed by atoms with Gasteiger partial charge in [-0.3, -0.25) is 0 Å². The highest BCUT2D eigenvalue weighted by Crippen LogP contribution is 2.29. The van der Waals surface area contributed by atoms with Gasteiger partial charge in [0, 0.05) is 15.7 Å². The van der Waals surface area contributed by atoms with Crippen LogP contribution in [0.5, 0.6) is 5.75 Å². The standard InChI is InChI=1S/C15H16BrNO/c1-2-14(13-5-3-4-6-15(13)18)17-12-9-7-11(16)8-10-12/h3-10,14,17-18H,2H2,1H3. The van der Waals surface area contributed by atoms with Crippen LogP contribution in [0.1, 0.15) is 24.9 Å². The zero-order valence-electron chi connectivity index (χ0n) is 10.2. The van der Waals surface area contributed by atoms with Crippen LogP contribution < -0.4 is 5.32 Å². The van der Waals surface area contributed by atoms with Gasteiger partial charge in [-0.05, 0) is 36.8 Å². The fourth-order valence-electron chi connectivity index (χ4n) is 1.93. The van der Waals surface area contributed by atoms with Gasteiger partial charge in [0.25, 0.3) is 0 Å². The van der Waals surface area contributed by atoms with E-state index in [-0.39, 0.29) is 6.04 Å². The molecular formula is C15H16BrNO. The van der Waals surface area contributed by atoms with Gasteiger partial charge in [-0.25, -0.2) is 0 Å². The molecule has 1 unspecified atom stereocenters. The van der Waals surface area contributed by atoms with Crippen molar-refractivity contribution in [1.29, 1.82) is 0 Å². The van der Waals surface area contributed by atoms with Crippen molar-refractivity contribution in [3.8, 4) is 5.75 Å². The number of anilines is 1. The van der Waals surface area contributed by atoms with E-state index in [4.69, 9.17) is 0 Å². The van der Waals surface area contributed by atoms with Crippen LogP contribution in [0.25, 0.3) is 0 Å². The summed E-state index contributed by atoms with van der Waals surface area (Å²) in [5, 5.41) is 13.3. The van der Waals surface area contributed by atoms with E-state index < -0.39 is 0 Å². The van der Waals surface area contributed by atoms with Crippen LogP contribution in [0.4, 0.5) is 5.69 Å². The van der Waals surface area contributed by atoms with Gasteiger partial charge in [0.05, 0.1) is 6.04 Å². The first-order chi connectivity index (χ1) is 8.70. The Labute approximate surface area is 116 Å². The molecule has 0 aliphatic heterocycles. The molecule has 94 valence electrons. The largest absolute Gasteiger partial charge is 0.508 e. The molecule has 0 spiro atoms. The van der Waals surface area contributed by atoms with Crippen LogP contribution in [0.15, 0.2) is 53.0 Å². The first kappa shape index (κ1) is 13.0. The van der Waals surface area contributed by atoms with E-state index in [1.54, 1.807) is 6.07 Å². The minimum Gasteiger partial charge on any atom is -0.508 e. The first-order valence-corrected chi connectivity index (χ1v) is 6.80. The third kappa shape index (κ3) is 3.05. The second-order valence-corrected chi connectivity index (χ2v) is 5.09. The van der Waals surface area contributed by atoms with Gasteiger partial charge in [-0.2, -0.15) is 0 Å². The predicted octanol–water partition coefficient (Wildman–Crippen LogP) is 4.72. The third-order valence-corrected chi connectivity index (χ3v) is 3.43. The zero-order chi connectivity index (χ0) is 13.0. The Morgan fingerprint density at radius 1 is 1.11 bits per heavy atom. The maximum atomic E-state index is 9.89. The van der Waals surface area contributed by atoms with Crippen LogP contribution in [-0.4, -0.2) is 5.11 Å². The van der Waals surface area contributed by atoms with Gasteiger partial charge in [-0.1, -0.05) is 41.1 Å². The highest BCUT2D eigenvalue weighted by molar-refractivity contribution is 9.10. The molecule has 0 amide bonds. The molecule has 0 saturated carbocycles. The van der Waals surface area contributed by atoms with Crippen molar-refractivity contribution >= 4 is 21.6 Å². The normalized spacial score (nSPS) is 12.1. The molecule has 0 heterocycles. The van der Waals surface area contributed by atoms with Gasteiger partial charge < -0.3 is 10.4 Å². The number of hydrogen-bond acceptors (Lipinski definition) is 2. The average molecular weight is 306 g/mol. The van der Waals surface area contributed by atoms with Crippen molar-refractivity contribution in [2.75, 3.05) is 5.32 Å². The molecule has 3 heteroatoms. The first-order valence-electron chi connectivity index (χ1n) is 6.00. The maximum absolute atomic E-state index is 9.89. The molecule has 0 radical (unpaired) electrons. The summed E-state index contributed by atoms with van der Waals surface area (Å²) in [6.45, 7) is 2.10. The van der Waals surface area contributed by atoms with Crippen LogP contribution in [-0.2, 0) is 0 Å². The number of phenolic OH excluding ortho intramolecular Hbond substituents is 1. The Hall–Kier alpha value is -1.48. The van der Waals surface area contributed by atoms with Crippen molar-refractivity contribution < 1.29 is 5.11 Å². The van der Waals surface area contributed by atoms with E-state index in [1.165, 1.54) is 0 Å². The van der Waals surface area contributed by atoms with Crippen molar-refractivity contribution in [1.82, 2.24) is 0 Å². The lowest BCUT2D eigenvalue weighted by atomic mass is 10.0. The summed E-state index contributed by atoms with van der Waals surface area (Å²) in [6, 6.07) is 15.6. The predicted molar refractivity (Wildman–Crippen MR) is 78.9 cm³/mol. The molecular weight excluding hydrogens is 290 g/mol. The molecule has 1 atom stereocenters. The number of para-hydroxylation sites is 1. The van der Waals surface area contributed by atoms with Crippen LogP contribution in [0.2, 0.25) is 0 Å². The Bertz CT molecular complexity index is 510. The number of benzene rings is 2. The lowest BCUT2D eigenvalue weighted by Gasteiger charge is -2.19. The molecule has 0 aromatic heterocycles. The van der Waals surface area contributed by atoms with E-state index in [0.717, 1.165) is 22.1 Å². The number of rotatable bonds is 4. The summed E-state index contributed by atoms with van der Waals surface area (Å²) in [7, 11) is 0. The molecule has 2 aromatic carbocycles. The van der Waals surface area contributed by atoms with Gasteiger partial charge >= 0.3 is 0 Å². The third-order valence-electron chi connectivity index (χ3n) is 2.91. The highest BCUT2D eigenvalue weighted by Gasteiger charge is 2.12. The molecule has 0 fully saturated rings. The second kappa shape index (κ2) is 5.91. The van der Waals surface area contributed by atoms with Crippen molar-refractivity contribution in [3.05, 3.63) is 58.6 Å². The molecule has 0 saturated heterocycles. The minimum atomic E-state index is 0.118. The lowest BCUT2D eigenvalue weighted by molar-refractivity contribution is 0.463.